The van der Waals surface area contributed by atoms with Crippen molar-refractivity contribution in [3.05, 3.63) is 60.2 Å². The highest BCUT2D eigenvalue weighted by molar-refractivity contribution is 5.98. The quantitative estimate of drug-likeness (QED) is 0.708. The lowest BCUT2D eigenvalue weighted by molar-refractivity contribution is -0.266. The third-order valence-electron chi connectivity index (χ3n) is 4.02. The highest BCUT2D eigenvalue weighted by atomic mass is 19.4. The number of benzene rings is 2. The van der Waals surface area contributed by atoms with Gasteiger partial charge in [0.25, 0.3) is 5.60 Å². The summed E-state index contributed by atoms with van der Waals surface area (Å²) in [6.45, 7) is 0. The first-order chi connectivity index (χ1) is 11.8. The summed E-state index contributed by atoms with van der Waals surface area (Å²) in [5, 5.41) is 10.6. The number of rotatable bonds is 3. The number of H-pyrrole nitrogens is 1. The number of carbonyl (C=O) groups is 1. The van der Waals surface area contributed by atoms with Crippen molar-refractivity contribution in [2.45, 2.75) is 11.8 Å². The zero-order valence-corrected chi connectivity index (χ0v) is 13.1. The highest BCUT2D eigenvalue weighted by Crippen LogP contribution is 2.46. The molecule has 0 aliphatic carbocycles. The van der Waals surface area contributed by atoms with Gasteiger partial charge in [-0.2, -0.15) is 13.2 Å². The standard InChI is InChI=1S/C18H14F3NO3/c1-25-16(23)17(24,18(19,20)21)14-12-9-5-6-10-13(12)22-15(14)11-7-3-2-4-8-11/h2-10,22,24H,1H3. The molecule has 0 saturated heterocycles. The maximum absolute atomic E-state index is 13.8. The number of aromatic amines is 1. The van der Waals surface area contributed by atoms with Crippen molar-refractivity contribution in [1.29, 1.82) is 0 Å². The summed E-state index contributed by atoms with van der Waals surface area (Å²) in [7, 11) is 0.802. The molecule has 1 unspecified atom stereocenters. The lowest BCUT2D eigenvalue weighted by Gasteiger charge is -2.28. The van der Waals surface area contributed by atoms with Crippen molar-refractivity contribution in [2.75, 3.05) is 7.11 Å². The lowest BCUT2D eigenvalue weighted by atomic mass is 9.88. The van der Waals surface area contributed by atoms with Gasteiger partial charge in [-0.15, -0.1) is 0 Å². The number of halogens is 3. The molecule has 0 aliphatic heterocycles. The van der Waals surface area contributed by atoms with Crippen LogP contribution in [0.15, 0.2) is 54.6 Å². The number of alkyl halides is 3. The van der Waals surface area contributed by atoms with Crippen LogP contribution in [0.25, 0.3) is 22.2 Å². The molecule has 2 N–H and O–H groups in total. The van der Waals surface area contributed by atoms with Crippen LogP contribution in [0, 0.1) is 0 Å². The number of esters is 1. The Labute approximate surface area is 140 Å². The maximum Gasteiger partial charge on any atom is 0.432 e. The normalized spacial score (nSPS) is 14.3. The number of carbonyl (C=O) groups excluding carboxylic acids is 1. The van der Waals surface area contributed by atoms with E-state index in [4.69, 9.17) is 0 Å². The first kappa shape index (κ1) is 17.0. The molecular formula is C18H14F3NO3. The topological polar surface area (TPSA) is 62.3 Å². The number of aromatic nitrogens is 1. The molecule has 0 spiro atoms. The van der Waals surface area contributed by atoms with Gasteiger partial charge in [-0.25, -0.2) is 4.79 Å². The van der Waals surface area contributed by atoms with Crippen LogP contribution in [-0.2, 0) is 15.1 Å². The fourth-order valence-electron chi connectivity index (χ4n) is 2.85. The lowest BCUT2D eigenvalue weighted by Crippen LogP contribution is -2.50. The summed E-state index contributed by atoms with van der Waals surface area (Å²) >= 11 is 0. The fourth-order valence-corrected chi connectivity index (χ4v) is 2.85. The van der Waals surface area contributed by atoms with Crippen molar-refractivity contribution in [3.63, 3.8) is 0 Å². The van der Waals surface area contributed by atoms with Gasteiger partial charge in [0, 0.05) is 16.5 Å². The SMILES string of the molecule is COC(=O)C(O)(c1c(-c2ccccc2)[nH]c2ccccc12)C(F)(F)F. The summed E-state index contributed by atoms with van der Waals surface area (Å²) in [5.41, 5.74) is -3.60. The molecule has 0 fully saturated rings. The minimum Gasteiger partial charge on any atom is -0.466 e. The van der Waals surface area contributed by atoms with Gasteiger partial charge in [-0.1, -0.05) is 48.5 Å². The third-order valence-corrected chi connectivity index (χ3v) is 4.02. The van der Waals surface area contributed by atoms with E-state index in [1.165, 1.54) is 12.1 Å². The van der Waals surface area contributed by atoms with Crippen LogP contribution in [0.3, 0.4) is 0 Å². The Morgan fingerprint density at radius 2 is 1.64 bits per heavy atom. The van der Waals surface area contributed by atoms with Crippen molar-refractivity contribution in [1.82, 2.24) is 4.98 Å². The number of methoxy groups -OCH3 is 1. The molecule has 7 heteroatoms. The van der Waals surface area contributed by atoms with E-state index in [9.17, 15) is 23.1 Å². The van der Waals surface area contributed by atoms with E-state index < -0.39 is 23.3 Å². The molecule has 0 amide bonds. The predicted octanol–water partition coefficient (Wildman–Crippen LogP) is 3.76. The first-order valence-electron chi connectivity index (χ1n) is 7.35. The van der Waals surface area contributed by atoms with Crippen molar-refractivity contribution >= 4 is 16.9 Å². The molecule has 3 aromatic rings. The van der Waals surface area contributed by atoms with Crippen molar-refractivity contribution < 1.29 is 27.8 Å². The molecule has 0 saturated carbocycles. The van der Waals surface area contributed by atoms with Crippen LogP contribution in [-0.4, -0.2) is 29.3 Å². The largest absolute Gasteiger partial charge is 0.466 e. The molecule has 0 aliphatic rings. The predicted molar refractivity (Wildman–Crippen MR) is 85.7 cm³/mol. The molecule has 1 heterocycles. The molecule has 1 aromatic heterocycles. The van der Waals surface area contributed by atoms with E-state index in [2.05, 4.69) is 9.72 Å². The van der Waals surface area contributed by atoms with Crippen LogP contribution in [0.5, 0.6) is 0 Å². The molecule has 25 heavy (non-hydrogen) atoms. The average Bonchev–Trinajstić information content (AvgIpc) is 3.00. The number of hydrogen-bond acceptors (Lipinski definition) is 3. The molecule has 130 valence electrons. The van der Waals surface area contributed by atoms with Gasteiger partial charge in [-0.3, -0.25) is 0 Å². The Kier molecular flexibility index (Phi) is 4.04. The number of nitrogens with one attached hydrogen (secondary N) is 1. The fraction of sp³-hybridized carbons (Fsp3) is 0.167. The molecule has 3 rings (SSSR count). The molecule has 2 aromatic carbocycles. The zero-order chi connectivity index (χ0) is 18.2. The van der Waals surface area contributed by atoms with Gasteiger partial charge >= 0.3 is 12.1 Å². The van der Waals surface area contributed by atoms with E-state index in [0.717, 1.165) is 7.11 Å². The minimum atomic E-state index is -5.27. The third kappa shape index (κ3) is 2.56. The smallest absolute Gasteiger partial charge is 0.432 e. The Morgan fingerprint density at radius 1 is 1.04 bits per heavy atom. The summed E-state index contributed by atoms with van der Waals surface area (Å²) in [5.74, 6) is -1.79. The molecule has 1 atom stereocenters. The van der Waals surface area contributed by atoms with Crippen LogP contribution < -0.4 is 0 Å². The number of para-hydroxylation sites is 1. The monoisotopic (exact) mass is 349 g/mol. The second-order valence-electron chi connectivity index (χ2n) is 5.49. The molecule has 0 bridgehead atoms. The van der Waals surface area contributed by atoms with Crippen LogP contribution >= 0.6 is 0 Å². The minimum absolute atomic E-state index is 0.00650. The number of hydrogen-bond donors (Lipinski definition) is 2. The number of aliphatic hydroxyl groups is 1. The van der Waals surface area contributed by atoms with E-state index in [0.29, 0.717) is 11.1 Å². The summed E-state index contributed by atoms with van der Waals surface area (Å²) < 4.78 is 45.6. The second kappa shape index (κ2) is 5.93. The van der Waals surface area contributed by atoms with Gasteiger partial charge in [0.2, 0.25) is 0 Å². The Morgan fingerprint density at radius 3 is 2.24 bits per heavy atom. The van der Waals surface area contributed by atoms with Gasteiger partial charge < -0.3 is 14.8 Å². The molecule has 4 nitrogen and oxygen atoms in total. The highest BCUT2D eigenvalue weighted by Gasteiger charge is 2.63. The van der Waals surface area contributed by atoms with Crippen molar-refractivity contribution in [2.24, 2.45) is 0 Å². The van der Waals surface area contributed by atoms with Crippen LogP contribution in [0.1, 0.15) is 5.56 Å². The van der Waals surface area contributed by atoms with Crippen LogP contribution in [0.4, 0.5) is 13.2 Å². The maximum atomic E-state index is 13.8. The van der Waals surface area contributed by atoms with Gasteiger partial charge in [-0.05, 0) is 11.6 Å². The summed E-state index contributed by atoms with van der Waals surface area (Å²) in [4.78, 5) is 14.9. The summed E-state index contributed by atoms with van der Waals surface area (Å²) in [6, 6.07) is 14.3. The number of ether oxygens (including phenoxy) is 1. The van der Waals surface area contributed by atoms with E-state index in [1.807, 2.05) is 0 Å². The zero-order valence-electron chi connectivity index (χ0n) is 13.1. The number of fused-ring (bicyclic) bond motifs is 1. The van der Waals surface area contributed by atoms with Gasteiger partial charge in [0.05, 0.1) is 12.8 Å². The van der Waals surface area contributed by atoms with Gasteiger partial charge in [0.1, 0.15) is 0 Å². The van der Waals surface area contributed by atoms with E-state index in [-0.39, 0.29) is 11.1 Å². The second-order valence-corrected chi connectivity index (χ2v) is 5.49. The van der Waals surface area contributed by atoms with Crippen LogP contribution in [0.2, 0.25) is 0 Å². The Balaban J connectivity index is 2.43. The van der Waals surface area contributed by atoms with Gasteiger partial charge in [0.15, 0.2) is 0 Å². The Bertz CT molecular complexity index is 918. The van der Waals surface area contributed by atoms with Crippen molar-refractivity contribution in [3.8, 4) is 11.3 Å². The first-order valence-corrected chi connectivity index (χ1v) is 7.35. The average molecular weight is 349 g/mol. The van der Waals surface area contributed by atoms with E-state index >= 15 is 0 Å². The van der Waals surface area contributed by atoms with E-state index in [1.54, 1.807) is 42.5 Å². The molecule has 0 radical (unpaired) electrons. The Hall–Kier alpha value is -2.80. The molecular weight excluding hydrogens is 335 g/mol. The summed E-state index contributed by atoms with van der Waals surface area (Å²) in [6.07, 6.45) is -5.27.